The number of ether oxygens (including phenoxy) is 3. The molecule has 192 valence electrons. The lowest BCUT2D eigenvalue weighted by Gasteiger charge is -2.27. The van der Waals surface area contributed by atoms with Crippen LogP contribution in [0.3, 0.4) is 0 Å². The number of hydrogen-bond acceptors (Lipinski definition) is 7. The van der Waals surface area contributed by atoms with Crippen LogP contribution in [0.4, 0.5) is 0 Å². The number of benzene rings is 2. The molecule has 1 unspecified atom stereocenters. The lowest BCUT2D eigenvalue weighted by molar-refractivity contribution is -0.129. The Labute approximate surface area is 215 Å². The SMILES string of the molecule is COc1cc(C2C(C(=O)C=Cc3ccccc3)=C(O)C(=O)N2CCCn2ccnc2)cc(OC)c1OC. The molecule has 0 bridgehead atoms. The third-order valence-electron chi connectivity index (χ3n) is 6.17. The van der Waals surface area contributed by atoms with Gasteiger partial charge in [0.2, 0.25) is 5.75 Å². The summed E-state index contributed by atoms with van der Waals surface area (Å²) in [5.41, 5.74) is 1.36. The van der Waals surface area contributed by atoms with Gasteiger partial charge in [0.1, 0.15) is 0 Å². The summed E-state index contributed by atoms with van der Waals surface area (Å²) in [6.07, 6.45) is 8.82. The van der Waals surface area contributed by atoms with E-state index in [9.17, 15) is 14.7 Å². The van der Waals surface area contributed by atoms with Crippen LogP contribution in [0.5, 0.6) is 17.2 Å². The molecule has 1 amide bonds. The first-order chi connectivity index (χ1) is 18.0. The number of nitrogens with zero attached hydrogens (tertiary/aromatic N) is 3. The monoisotopic (exact) mass is 503 g/mol. The van der Waals surface area contributed by atoms with Crippen molar-refractivity contribution >= 4 is 17.8 Å². The molecule has 2 heterocycles. The molecule has 1 aromatic heterocycles. The summed E-state index contributed by atoms with van der Waals surface area (Å²) in [7, 11) is 4.48. The normalized spacial score (nSPS) is 15.5. The van der Waals surface area contributed by atoms with Gasteiger partial charge >= 0.3 is 0 Å². The minimum absolute atomic E-state index is 0.00548. The van der Waals surface area contributed by atoms with Crippen molar-refractivity contribution in [2.75, 3.05) is 27.9 Å². The van der Waals surface area contributed by atoms with Crippen LogP contribution in [0.25, 0.3) is 6.08 Å². The van der Waals surface area contributed by atoms with Gasteiger partial charge in [-0.3, -0.25) is 9.59 Å². The number of aliphatic hydroxyl groups excluding tert-OH is 1. The molecular formula is C28H29N3O6. The van der Waals surface area contributed by atoms with E-state index in [2.05, 4.69) is 4.98 Å². The van der Waals surface area contributed by atoms with Gasteiger partial charge in [-0.25, -0.2) is 4.98 Å². The van der Waals surface area contributed by atoms with Crippen LogP contribution in [0.15, 0.2) is 78.6 Å². The second-order valence-electron chi connectivity index (χ2n) is 8.38. The number of ketones is 1. The van der Waals surface area contributed by atoms with E-state index < -0.39 is 23.5 Å². The first-order valence-electron chi connectivity index (χ1n) is 11.8. The lowest BCUT2D eigenvalue weighted by Crippen LogP contribution is -2.32. The predicted octanol–water partition coefficient (Wildman–Crippen LogP) is 3.98. The topological polar surface area (TPSA) is 103 Å². The first-order valence-corrected chi connectivity index (χ1v) is 11.8. The fraction of sp³-hybridized carbons (Fsp3) is 0.250. The molecule has 0 saturated heterocycles. The fourth-order valence-corrected chi connectivity index (χ4v) is 4.41. The molecule has 0 radical (unpaired) electrons. The number of imidazole rings is 1. The Morgan fingerprint density at radius 1 is 1.05 bits per heavy atom. The summed E-state index contributed by atoms with van der Waals surface area (Å²) in [4.78, 5) is 32.2. The van der Waals surface area contributed by atoms with Crippen LogP contribution in [0, 0.1) is 0 Å². The van der Waals surface area contributed by atoms with Crippen molar-refractivity contribution in [3.05, 3.63) is 89.7 Å². The van der Waals surface area contributed by atoms with E-state index in [1.165, 1.54) is 32.3 Å². The van der Waals surface area contributed by atoms with Crippen molar-refractivity contribution in [2.24, 2.45) is 0 Å². The van der Waals surface area contributed by atoms with E-state index in [-0.39, 0.29) is 5.57 Å². The maximum Gasteiger partial charge on any atom is 0.290 e. The number of aliphatic hydroxyl groups is 1. The molecule has 3 aromatic rings. The van der Waals surface area contributed by atoms with Gasteiger partial charge in [0.05, 0.1) is 39.3 Å². The lowest BCUT2D eigenvalue weighted by atomic mass is 9.94. The highest BCUT2D eigenvalue weighted by atomic mass is 16.5. The molecule has 0 spiro atoms. The quantitative estimate of drug-likeness (QED) is 0.395. The number of rotatable bonds is 11. The van der Waals surface area contributed by atoms with Gasteiger partial charge in [0.25, 0.3) is 5.91 Å². The van der Waals surface area contributed by atoms with Crippen LogP contribution in [0.2, 0.25) is 0 Å². The van der Waals surface area contributed by atoms with Gasteiger partial charge in [-0.15, -0.1) is 0 Å². The van der Waals surface area contributed by atoms with E-state index in [1.54, 1.807) is 30.7 Å². The molecule has 2 aromatic carbocycles. The maximum absolute atomic E-state index is 13.4. The number of carbonyl (C=O) groups excluding carboxylic acids is 2. The summed E-state index contributed by atoms with van der Waals surface area (Å²) in [6, 6.07) is 11.8. The van der Waals surface area contributed by atoms with Crippen LogP contribution in [-0.4, -0.2) is 59.1 Å². The highest BCUT2D eigenvalue weighted by Crippen LogP contribution is 2.45. The van der Waals surface area contributed by atoms with E-state index in [4.69, 9.17) is 14.2 Å². The van der Waals surface area contributed by atoms with Crippen molar-refractivity contribution in [1.29, 1.82) is 0 Å². The fourth-order valence-electron chi connectivity index (χ4n) is 4.41. The zero-order chi connectivity index (χ0) is 26.4. The second kappa shape index (κ2) is 11.5. The molecule has 0 saturated carbocycles. The Morgan fingerprint density at radius 3 is 2.35 bits per heavy atom. The largest absolute Gasteiger partial charge is 0.503 e. The van der Waals surface area contributed by atoms with E-state index in [1.807, 2.05) is 41.1 Å². The average molecular weight is 504 g/mol. The first kappa shape index (κ1) is 25.6. The number of hydrogen-bond donors (Lipinski definition) is 1. The number of allylic oxidation sites excluding steroid dienone is 1. The Kier molecular flexibility index (Phi) is 7.92. The Hall–Kier alpha value is -4.53. The van der Waals surface area contributed by atoms with Gasteiger partial charge in [-0.2, -0.15) is 0 Å². The van der Waals surface area contributed by atoms with Crippen molar-refractivity contribution < 1.29 is 28.9 Å². The van der Waals surface area contributed by atoms with Gasteiger partial charge in [0.15, 0.2) is 23.0 Å². The van der Waals surface area contributed by atoms with Crippen LogP contribution in [-0.2, 0) is 16.1 Å². The predicted molar refractivity (Wildman–Crippen MR) is 138 cm³/mol. The smallest absolute Gasteiger partial charge is 0.290 e. The standard InChI is InChI=1S/C28H29N3O6/c1-35-22-16-20(17-23(36-2)27(22)37-3)25-24(21(32)11-10-19-8-5-4-6-9-19)26(33)28(34)31(25)14-7-13-30-15-12-29-18-30/h4-6,8-12,15-18,25,33H,7,13-14H2,1-3H3. The van der Waals surface area contributed by atoms with Crippen molar-refractivity contribution in [3.8, 4) is 17.2 Å². The van der Waals surface area contributed by atoms with E-state index >= 15 is 0 Å². The third kappa shape index (κ3) is 5.35. The molecule has 4 rings (SSSR count). The number of aromatic nitrogens is 2. The average Bonchev–Trinajstić information content (AvgIpc) is 3.53. The molecule has 1 atom stereocenters. The molecule has 1 N–H and O–H groups in total. The van der Waals surface area contributed by atoms with Crippen LogP contribution >= 0.6 is 0 Å². The molecule has 1 aliphatic heterocycles. The Morgan fingerprint density at radius 2 is 1.76 bits per heavy atom. The highest BCUT2D eigenvalue weighted by Gasteiger charge is 2.43. The molecule has 37 heavy (non-hydrogen) atoms. The number of carbonyl (C=O) groups is 2. The Bertz CT molecular complexity index is 1290. The van der Waals surface area contributed by atoms with Gasteiger partial charge in [0, 0.05) is 25.5 Å². The van der Waals surface area contributed by atoms with Crippen LogP contribution < -0.4 is 14.2 Å². The minimum atomic E-state index is -0.850. The van der Waals surface area contributed by atoms with E-state index in [0.29, 0.717) is 42.3 Å². The molecule has 1 aliphatic rings. The summed E-state index contributed by atoms with van der Waals surface area (Å²) < 4.78 is 18.3. The van der Waals surface area contributed by atoms with E-state index in [0.717, 1.165) is 5.56 Å². The highest BCUT2D eigenvalue weighted by molar-refractivity contribution is 6.14. The van der Waals surface area contributed by atoms with Crippen LogP contribution in [0.1, 0.15) is 23.6 Å². The Balaban J connectivity index is 1.73. The zero-order valence-corrected chi connectivity index (χ0v) is 21.0. The summed E-state index contributed by atoms with van der Waals surface area (Å²) in [6.45, 7) is 0.908. The summed E-state index contributed by atoms with van der Waals surface area (Å²) in [5.74, 6) is -0.508. The molecule has 9 nitrogen and oxygen atoms in total. The van der Waals surface area contributed by atoms with Crippen molar-refractivity contribution in [3.63, 3.8) is 0 Å². The van der Waals surface area contributed by atoms with Gasteiger partial charge < -0.3 is 28.8 Å². The summed E-state index contributed by atoms with van der Waals surface area (Å²) in [5, 5.41) is 10.9. The minimum Gasteiger partial charge on any atom is -0.503 e. The van der Waals surface area contributed by atoms with Gasteiger partial charge in [-0.1, -0.05) is 36.4 Å². The second-order valence-corrected chi connectivity index (χ2v) is 8.38. The molecule has 0 fully saturated rings. The molecule has 9 heteroatoms. The maximum atomic E-state index is 13.4. The van der Waals surface area contributed by atoms with Crippen molar-refractivity contribution in [2.45, 2.75) is 19.0 Å². The van der Waals surface area contributed by atoms with Crippen molar-refractivity contribution in [1.82, 2.24) is 14.5 Å². The number of amides is 1. The zero-order valence-electron chi connectivity index (χ0n) is 21.0. The summed E-state index contributed by atoms with van der Waals surface area (Å²) >= 11 is 0. The number of methoxy groups -OCH3 is 3. The third-order valence-corrected chi connectivity index (χ3v) is 6.17. The number of aryl methyl sites for hydroxylation is 1. The molecule has 0 aliphatic carbocycles. The van der Waals surface area contributed by atoms with Gasteiger partial charge in [-0.05, 0) is 35.8 Å². The molecular weight excluding hydrogens is 474 g/mol.